The first-order chi connectivity index (χ1) is 12.1. The predicted octanol–water partition coefficient (Wildman–Crippen LogP) is 3.01. The molecule has 0 bridgehead atoms. The van der Waals surface area contributed by atoms with Gasteiger partial charge in [0.15, 0.2) is 5.43 Å². The highest BCUT2D eigenvalue weighted by Crippen LogP contribution is 2.19. The first-order valence-electron chi connectivity index (χ1n) is 8.71. The van der Waals surface area contributed by atoms with Gasteiger partial charge in [-0.2, -0.15) is 0 Å². The summed E-state index contributed by atoms with van der Waals surface area (Å²) in [5, 5.41) is 0.674. The largest absolute Gasteiger partial charge is 0.464 e. The molecule has 1 aliphatic rings. The van der Waals surface area contributed by atoms with Crippen LogP contribution < -0.4 is 5.43 Å². The van der Waals surface area contributed by atoms with Crippen molar-refractivity contribution in [1.82, 2.24) is 14.9 Å². The summed E-state index contributed by atoms with van der Waals surface area (Å²) in [6.07, 6.45) is 5.30. The molecule has 3 heterocycles. The van der Waals surface area contributed by atoms with Crippen molar-refractivity contribution in [1.29, 1.82) is 0 Å². The van der Waals surface area contributed by atoms with Gasteiger partial charge in [-0.15, -0.1) is 0 Å². The van der Waals surface area contributed by atoms with Crippen molar-refractivity contribution in [3.05, 3.63) is 69.1 Å². The Balaban J connectivity index is 1.62. The second-order valence-corrected chi connectivity index (χ2v) is 6.62. The van der Waals surface area contributed by atoms with E-state index in [9.17, 15) is 4.79 Å². The van der Waals surface area contributed by atoms with E-state index in [4.69, 9.17) is 4.42 Å². The molecule has 0 saturated heterocycles. The lowest BCUT2D eigenvalue weighted by molar-refractivity contribution is 0.240. The van der Waals surface area contributed by atoms with Crippen molar-refractivity contribution < 1.29 is 4.42 Å². The minimum Gasteiger partial charge on any atom is -0.464 e. The van der Waals surface area contributed by atoms with Gasteiger partial charge in [-0.05, 0) is 31.0 Å². The third-order valence-electron chi connectivity index (χ3n) is 4.84. The van der Waals surface area contributed by atoms with Crippen molar-refractivity contribution in [2.24, 2.45) is 0 Å². The van der Waals surface area contributed by atoms with Gasteiger partial charge in [0.05, 0.1) is 11.6 Å². The molecule has 0 unspecified atom stereocenters. The fourth-order valence-electron chi connectivity index (χ4n) is 3.40. The second kappa shape index (κ2) is 6.41. The second-order valence-electron chi connectivity index (χ2n) is 6.62. The standard InChI is InChI=1S/C20H21N3O2/c1-3-14-4-5-19-17(8-14)20(24)16(12-25-19)11-23-7-6-18-15(10-23)9-21-13(2)22-18/h4-5,8-9,12H,3,6-7,10-11H2,1-2H3. The van der Waals surface area contributed by atoms with Gasteiger partial charge in [-0.1, -0.05) is 13.0 Å². The van der Waals surface area contributed by atoms with Gasteiger partial charge in [-0.25, -0.2) is 9.97 Å². The average molecular weight is 335 g/mol. The van der Waals surface area contributed by atoms with E-state index < -0.39 is 0 Å². The number of hydrogen-bond acceptors (Lipinski definition) is 5. The number of rotatable bonds is 3. The number of aromatic nitrogens is 2. The van der Waals surface area contributed by atoms with E-state index in [1.807, 2.05) is 31.3 Å². The van der Waals surface area contributed by atoms with E-state index >= 15 is 0 Å². The maximum Gasteiger partial charge on any atom is 0.197 e. The molecule has 4 rings (SSSR count). The Kier molecular flexibility index (Phi) is 4.09. The summed E-state index contributed by atoms with van der Waals surface area (Å²) in [7, 11) is 0. The third kappa shape index (κ3) is 3.07. The fourth-order valence-corrected chi connectivity index (χ4v) is 3.40. The lowest BCUT2D eigenvalue weighted by Gasteiger charge is -2.27. The van der Waals surface area contributed by atoms with Crippen molar-refractivity contribution >= 4 is 11.0 Å². The zero-order chi connectivity index (χ0) is 17.4. The lowest BCUT2D eigenvalue weighted by Crippen LogP contribution is -2.32. The summed E-state index contributed by atoms with van der Waals surface area (Å²) in [5.74, 6) is 0.814. The maximum atomic E-state index is 12.8. The molecular weight excluding hydrogens is 314 g/mol. The van der Waals surface area contributed by atoms with Crippen LogP contribution in [0, 0.1) is 6.92 Å². The summed E-state index contributed by atoms with van der Waals surface area (Å²) in [6.45, 7) is 6.24. The topological polar surface area (TPSA) is 59.2 Å². The van der Waals surface area contributed by atoms with Gasteiger partial charge in [0.1, 0.15) is 11.4 Å². The van der Waals surface area contributed by atoms with E-state index in [1.165, 1.54) is 0 Å². The van der Waals surface area contributed by atoms with Crippen LogP contribution in [0.1, 0.15) is 35.1 Å². The smallest absolute Gasteiger partial charge is 0.197 e. The zero-order valence-corrected chi connectivity index (χ0v) is 14.6. The molecule has 3 aromatic rings. The van der Waals surface area contributed by atoms with Crippen LogP contribution in [0.15, 0.2) is 39.9 Å². The summed E-state index contributed by atoms with van der Waals surface area (Å²) in [4.78, 5) is 23.9. The monoisotopic (exact) mass is 335 g/mol. The van der Waals surface area contributed by atoms with Crippen LogP contribution in [0.4, 0.5) is 0 Å². The Morgan fingerprint density at radius 1 is 1.32 bits per heavy atom. The normalized spacial score (nSPS) is 14.6. The predicted molar refractivity (Wildman–Crippen MR) is 96.4 cm³/mol. The van der Waals surface area contributed by atoms with E-state index in [2.05, 4.69) is 21.8 Å². The molecule has 128 valence electrons. The SMILES string of the molecule is CCc1ccc2occ(CN3CCc4nc(C)ncc4C3)c(=O)c2c1. The molecule has 25 heavy (non-hydrogen) atoms. The van der Waals surface area contributed by atoms with Crippen molar-refractivity contribution in [2.75, 3.05) is 6.54 Å². The first kappa shape index (κ1) is 16.0. The molecule has 0 fully saturated rings. The van der Waals surface area contributed by atoms with Gasteiger partial charge in [0, 0.05) is 49.1 Å². The molecule has 0 amide bonds. The number of benzene rings is 1. The van der Waals surface area contributed by atoms with Crippen LogP contribution in [0.3, 0.4) is 0 Å². The van der Waals surface area contributed by atoms with Crippen molar-refractivity contribution in [3.63, 3.8) is 0 Å². The van der Waals surface area contributed by atoms with Crippen LogP contribution >= 0.6 is 0 Å². The highest BCUT2D eigenvalue weighted by atomic mass is 16.3. The fraction of sp³-hybridized carbons (Fsp3) is 0.350. The van der Waals surface area contributed by atoms with Gasteiger partial charge in [-0.3, -0.25) is 9.69 Å². The van der Waals surface area contributed by atoms with E-state index in [0.29, 0.717) is 23.1 Å². The quantitative estimate of drug-likeness (QED) is 0.736. The molecule has 1 aliphatic heterocycles. The average Bonchev–Trinajstić information content (AvgIpc) is 2.64. The Morgan fingerprint density at radius 2 is 2.20 bits per heavy atom. The van der Waals surface area contributed by atoms with Crippen molar-refractivity contribution in [2.45, 2.75) is 39.8 Å². The van der Waals surface area contributed by atoms with Crippen LogP contribution in [-0.2, 0) is 25.9 Å². The highest BCUT2D eigenvalue weighted by molar-refractivity contribution is 5.77. The summed E-state index contributed by atoms with van der Waals surface area (Å²) >= 11 is 0. The third-order valence-corrected chi connectivity index (χ3v) is 4.84. The molecule has 0 N–H and O–H groups in total. The first-order valence-corrected chi connectivity index (χ1v) is 8.71. The number of nitrogens with zero attached hydrogens (tertiary/aromatic N) is 3. The molecule has 5 heteroatoms. The summed E-state index contributed by atoms with van der Waals surface area (Å²) in [5.41, 5.74) is 4.85. The molecule has 5 nitrogen and oxygen atoms in total. The zero-order valence-electron chi connectivity index (χ0n) is 14.6. The molecule has 1 aromatic carbocycles. The van der Waals surface area contributed by atoms with Crippen LogP contribution in [-0.4, -0.2) is 21.4 Å². The Labute approximate surface area is 146 Å². The maximum absolute atomic E-state index is 12.8. The van der Waals surface area contributed by atoms with Crippen LogP contribution in [0.25, 0.3) is 11.0 Å². The molecule has 0 saturated carbocycles. The Bertz CT molecular complexity index is 994. The van der Waals surface area contributed by atoms with Crippen LogP contribution in [0.5, 0.6) is 0 Å². The molecule has 0 atom stereocenters. The van der Waals surface area contributed by atoms with E-state index in [0.717, 1.165) is 48.6 Å². The van der Waals surface area contributed by atoms with Crippen molar-refractivity contribution in [3.8, 4) is 0 Å². The molecule has 0 aliphatic carbocycles. The van der Waals surface area contributed by atoms with Gasteiger partial charge < -0.3 is 4.42 Å². The van der Waals surface area contributed by atoms with E-state index in [-0.39, 0.29) is 5.43 Å². The van der Waals surface area contributed by atoms with Gasteiger partial charge in [0.2, 0.25) is 0 Å². The molecule has 0 spiro atoms. The number of hydrogen-bond donors (Lipinski definition) is 0. The number of aryl methyl sites for hydroxylation is 2. The van der Waals surface area contributed by atoms with Crippen LogP contribution in [0.2, 0.25) is 0 Å². The van der Waals surface area contributed by atoms with E-state index in [1.54, 1.807) is 6.26 Å². The molecular formula is C20H21N3O2. The lowest BCUT2D eigenvalue weighted by atomic mass is 10.1. The number of fused-ring (bicyclic) bond motifs is 2. The van der Waals surface area contributed by atoms with Gasteiger partial charge >= 0.3 is 0 Å². The van der Waals surface area contributed by atoms with Gasteiger partial charge in [0.25, 0.3) is 0 Å². The Hall–Kier alpha value is -2.53. The summed E-state index contributed by atoms with van der Waals surface area (Å²) < 4.78 is 5.70. The highest BCUT2D eigenvalue weighted by Gasteiger charge is 2.19. The Morgan fingerprint density at radius 3 is 3.04 bits per heavy atom. The summed E-state index contributed by atoms with van der Waals surface area (Å²) in [6, 6.07) is 5.84. The minimum atomic E-state index is 0.0718. The minimum absolute atomic E-state index is 0.0718. The molecule has 0 radical (unpaired) electrons. The molecule has 2 aromatic heterocycles.